The molecule has 2 amide bonds. The Morgan fingerprint density at radius 2 is 2.22 bits per heavy atom. The van der Waals surface area contributed by atoms with Crippen molar-refractivity contribution in [2.45, 2.75) is 24.6 Å². The van der Waals surface area contributed by atoms with Gasteiger partial charge in [0.15, 0.2) is 5.17 Å². The topological polar surface area (TPSA) is 132 Å². The van der Waals surface area contributed by atoms with Crippen molar-refractivity contribution in [2.75, 3.05) is 26.1 Å². The first-order valence-corrected chi connectivity index (χ1v) is 8.88. The molecule has 10 nitrogen and oxygen atoms in total. The van der Waals surface area contributed by atoms with E-state index in [1.165, 1.54) is 25.3 Å². The number of thioether (sulfide) groups is 1. The van der Waals surface area contributed by atoms with Crippen molar-refractivity contribution in [3.8, 4) is 5.75 Å². The molecule has 0 bridgehead atoms. The van der Waals surface area contributed by atoms with Crippen LogP contribution in [0.1, 0.15) is 13.3 Å². The third kappa shape index (κ3) is 5.66. The number of benzene rings is 1. The van der Waals surface area contributed by atoms with E-state index in [1.807, 2.05) is 6.92 Å². The molecular weight excluding hydrogens is 376 g/mol. The molecule has 0 radical (unpaired) electrons. The van der Waals surface area contributed by atoms with Gasteiger partial charge in [0.25, 0.3) is 5.69 Å². The average Bonchev–Trinajstić information content (AvgIpc) is 2.93. The fourth-order valence-electron chi connectivity index (χ4n) is 2.36. The number of hydrogen-bond acceptors (Lipinski definition) is 8. The molecule has 1 aromatic carbocycles. The Balaban J connectivity index is 2.03. The summed E-state index contributed by atoms with van der Waals surface area (Å²) in [5.41, 5.74) is -0.0108. The zero-order valence-electron chi connectivity index (χ0n) is 15.1. The molecule has 1 aliphatic rings. The first-order chi connectivity index (χ1) is 12.8. The van der Waals surface area contributed by atoms with Gasteiger partial charge in [-0.05, 0) is 13.0 Å². The molecule has 1 saturated heterocycles. The van der Waals surface area contributed by atoms with E-state index >= 15 is 0 Å². The van der Waals surface area contributed by atoms with Gasteiger partial charge < -0.3 is 20.1 Å². The number of amidine groups is 1. The second-order valence-corrected chi connectivity index (χ2v) is 6.92. The molecule has 146 valence electrons. The van der Waals surface area contributed by atoms with Gasteiger partial charge in [-0.25, -0.2) is 0 Å². The van der Waals surface area contributed by atoms with Crippen LogP contribution in [0.5, 0.6) is 5.75 Å². The number of nitrogens with zero attached hydrogens (tertiary/aromatic N) is 2. The lowest BCUT2D eigenvalue weighted by atomic mass is 10.2. The van der Waals surface area contributed by atoms with E-state index in [-0.39, 0.29) is 35.5 Å². The molecule has 27 heavy (non-hydrogen) atoms. The third-order valence-corrected chi connectivity index (χ3v) is 4.66. The summed E-state index contributed by atoms with van der Waals surface area (Å²) in [7, 11) is 2.95. The molecular formula is C16H20N4O6S. The molecule has 0 spiro atoms. The van der Waals surface area contributed by atoms with Gasteiger partial charge in [-0.3, -0.25) is 24.7 Å². The maximum atomic E-state index is 12.3. The van der Waals surface area contributed by atoms with E-state index < -0.39 is 16.1 Å². The molecule has 1 heterocycles. The van der Waals surface area contributed by atoms with E-state index in [4.69, 9.17) is 9.47 Å². The molecule has 1 aromatic rings. The lowest BCUT2D eigenvalue weighted by Gasteiger charge is -2.11. The van der Waals surface area contributed by atoms with Crippen LogP contribution in [0.25, 0.3) is 0 Å². The van der Waals surface area contributed by atoms with Gasteiger partial charge in [-0.2, -0.15) is 0 Å². The van der Waals surface area contributed by atoms with Crippen molar-refractivity contribution >= 4 is 40.1 Å². The minimum atomic E-state index is -0.636. The summed E-state index contributed by atoms with van der Waals surface area (Å²) >= 11 is 1.16. The van der Waals surface area contributed by atoms with Crippen molar-refractivity contribution < 1.29 is 24.0 Å². The summed E-state index contributed by atoms with van der Waals surface area (Å²) in [6, 6.07) is 3.75. The van der Waals surface area contributed by atoms with Gasteiger partial charge in [0.05, 0.1) is 30.4 Å². The molecule has 2 N–H and O–H groups in total. The summed E-state index contributed by atoms with van der Waals surface area (Å²) in [6.45, 7) is 2.26. The molecule has 11 heteroatoms. The smallest absolute Gasteiger partial charge is 0.271 e. The maximum absolute atomic E-state index is 12.3. The van der Waals surface area contributed by atoms with Crippen molar-refractivity contribution in [3.63, 3.8) is 0 Å². The lowest BCUT2D eigenvalue weighted by molar-refractivity contribution is -0.384. The minimum absolute atomic E-state index is 0.111. The number of rotatable bonds is 8. The number of nitro benzene ring substituents is 1. The normalized spacial score (nSPS) is 18.9. The molecule has 0 aromatic heterocycles. The Bertz CT molecular complexity index is 769. The molecule has 2 rings (SSSR count). The van der Waals surface area contributed by atoms with E-state index in [0.717, 1.165) is 11.8 Å². The highest BCUT2D eigenvalue weighted by Gasteiger charge is 2.32. The van der Waals surface area contributed by atoms with Gasteiger partial charge in [0.1, 0.15) is 11.0 Å². The predicted octanol–water partition coefficient (Wildman–Crippen LogP) is 1.55. The number of non-ortho nitro benzene ring substituents is 1. The molecule has 1 aliphatic heterocycles. The van der Waals surface area contributed by atoms with Crippen molar-refractivity contribution in [2.24, 2.45) is 4.99 Å². The number of nitro groups is 1. The number of aliphatic imine (C=N–C) groups is 1. The maximum Gasteiger partial charge on any atom is 0.271 e. The first kappa shape index (κ1) is 20.6. The van der Waals surface area contributed by atoms with Gasteiger partial charge in [0, 0.05) is 25.7 Å². The predicted molar refractivity (Wildman–Crippen MR) is 101 cm³/mol. The summed E-state index contributed by atoms with van der Waals surface area (Å²) in [4.78, 5) is 39.0. The Hall–Kier alpha value is -2.66. The van der Waals surface area contributed by atoms with E-state index in [0.29, 0.717) is 11.8 Å². The van der Waals surface area contributed by atoms with Crippen LogP contribution >= 0.6 is 11.8 Å². The first-order valence-electron chi connectivity index (χ1n) is 8.00. The number of anilines is 1. The Morgan fingerprint density at radius 1 is 1.48 bits per heavy atom. The largest absolute Gasteiger partial charge is 0.495 e. The van der Waals surface area contributed by atoms with E-state index in [1.54, 1.807) is 7.11 Å². The van der Waals surface area contributed by atoms with Crippen LogP contribution in [0.4, 0.5) is 11.4 Å². The zero-order valence-corrected chi connectivity index (χ0v) is 15.9. The highest BCUT2D eigenvalue weighted by Crippen LogP contribution is 2.30. The van der Waals surface area contributed by atoms with Crippen molar-refractivity contribution in [1.82, 2.24) is 5.32 Å². The Morgan fingerprint density at radius 3 is 2.85 bits per heavy atom. The van der Waals surface area contributed by atoms with Crippen LogP contribution in [0.2, 0.25) is 0 Å². The number of methoxy groups -OCH3 is 2. The van der Waals surface area contributed by atoms with Crippen LogP contribution in [-0.2, 0) is 14.3 Å². The standard InChI is InChI=1S/C16H20N4O6S/c1-9(8-25-2)17-16-19-15(22)13(27-16)7-14(21)18-11-6-10(20(23)24)4-5-12(11)26-3/h4-6,9,13H,7-8H2,1-3H3,(H,18,21)(H,17,19,22)/t9-,13-/m0/s1. The van der Waals surface area contributed by atoms with Gasteiger partial charge >= 0.3 is 0 Å². The summed E-state index contributed by atoms with van der Waals surface area (Å²) in [5.74, 6) is -0.495. The zero-order chi connectivity index (χ0) is 20.0. The molecule has 2 atom stereocenters. The lowest BCUT2D eigenvalue weighted by Crippen LogP contribution is -2.28. The minimum Gasteiger partial charge on any atom is -0.495 e. The quantitative estimate of drug-likeness (QED) is 0.503. The number of carbonyl (C=O) groups is 2. The van der Waals surface area contributed by atoms with Gasteiger partial charge in [-0.1, -0.05) is 11.8 Å². The van der Waals surface area contributed by atoms with E-state index in [9.17, 15) is 19.7 Å². The second kappa shape index (κ2) is 9.33. The second-order valence-electron chi connectivity index (χ2n) is 5.73. The van der Waals surface area contributed by atoms with Gasteiger partial charge in [-0.15, -0.1) is 0 Å². The number of ether oxygens (including phenoxy) is 2. The van der Waals surface area contributed by atoms with Crippen LogP contribution in [0.3, 0.4) is 0 Å². The molecule has 0 saturated carbocycles. The SMILES string of the molecule is COC[C@H](C)N=C1NC(=O)[C@H](CC(=O)Nc2cc([N+](=O)[O-])ccc2OC)S1. The third-order valence-electron chi connectivity index (χ3n) is 3.56. The van der Waals surface area contributed by atoms with Crippen molar-refractivity contribution in [3.05, 3.63) is 28.3 Å². The average molecular weight is 396 g/mol. The fraction of sp³-hybridized carbons (Fsp3) is 0.438. The van der Waals surface area contributed by atoms with Crippen LogP contribution in [0.15, 0.2) is 23.2 Å². The Labute approximate surface area is 159 Å². The number of nitrogens with one attached hydrogen (secondary N) is 2. The summed E-state index contributed by atoms with van der Waals surface area (Å²) < 4.78 is 10.1. The van der Waals surface area contributed by atoms with Crippen LogP contribution in [0, 0.1) is 10.1 Å². The number of amides is 2. The van der Waals surface area contributed by atoms with E-state index in [2.05, 4.69) is 15.6 Å². The number of carbonyl (C=O) groups excluding carboxylic acids is 2. The highest BCUT2D eigenvalue weighted by atomic mass is 32.2. The fourth-order valence-corrected chi connectivity index (χ4v) is 3.43. The van der Waals surface area contributed by atoms with Crippen LogP contribution in [-0.4, -0.2) is 54.0 Å². The highest BCUT2D eigenvalue weighted by molar-refractivity contribution is 8.15. The Kier molecular flexibility index (Phi) is 7.13. The molecule has 1 fully saturated rings. The summed E-state index contributed by atoms with van der Waals surface area (Å²) in [5, 5.41) is 15.9. The molecule has 0 unspecified atom stereocenters. The molecule has 0 aliphatic carbocycles. The van der Waals surface area contributed by atoms with Gasteiger partial charge in [0.2, 0.25) is 11.8 Å². The van der Waals surface area contributed by atoms with Crippen LogP contribution < -0.4 is 15.4 Å². The summed E-state index contributed by atoms with van der Waals surface area (Å²) in [6.07, 6.45) is -0.111. The van der Waals surface area contributed by atoms with Crippen molar-refractivity contribution in [1.29, 1.82) is 0 Å². The number of hydrogen-bond donors (Lipinski definition) is 2. The monoisotopic (exact) mass is 396 g/mol.